The maximum absolute atomic E-state index is 13.7. The zero-order chi connectivity index (χ0) is 16.2. The second-order valence-electron chi connectivity index (χ2n) is 5.82. The van der Waals surface area contributed by atoms with Gasteiger partial charge in [-0.2, -0.15) is 0 Å². The van der Waals surface area contributed by atoms with Crippen LogP contribution in [0.4, 0.5) is 4.39 Å². The van der Waals surface area contributed by atoms with Gasteiger partial charge in [-0.3, -0.25) is 9.59 Å². The fourth-order valence-corrected chi connectivity index (χ4v) is 3.03. The summed E-state index contributed by atoms with van der Waals surface area (Å²) in [7, 11) is 0. The van der Waals surface area contributed by atoms with Crippen LogP contribution >= 0.6 is 0 Å². The molecule has 0 aromatic heterocycles. The van der Waals surface area contributed by atoms with Crippen molar-refractivity contribution in [3.63, 3.8) is 0 Å². The van der Waals surface area contributed by atoms with Crippen molar-refractivity contribution in [1.29, 1.82) is 0 Å². The van der Waals surface area contributed by atoms with Crippen LogP contribution in [0.5, 0.6) is 0 Å². The van der Waals surface area contributed by atoms with E-state index >= 15 is 0 Å². The Morgan fingerprint density at radius 2 is 1.86 bits per heavy atom. The number of aliphatic carboxylic acids is 1. The number of aliphatic hydroxyl groups is 1. The van der Waals surface area contributed by atoms with E-state index in [0.29, 0.717) is 12.8 Å². The molecule has 22 heavy (non-hydrogen) atoms. The van der Waals surface area contributed by atoms with Crippen molar-refractivity contribution in [3.05, 3.63) is 35.6 Å². The average Bonchev–Trinajstić information content (AvgIpc) is 2.47. The Morgan fingerprint density at radius 3 is 2.45 bits per heavy atom. The first-order chi connectivity index (χ1) is 10.4. The van der Waals surface area contributed by atoms with Crippen LogP contribution in [0.1, 0.15) is 50.2 Å². The van der Waals surface area contributed by atoms with Crippen LogP contribution in [0.15, 0.2) is 24.3 Å². The van der Waals surface area contributed by atoms with E-state index in [0.717, 1.165) is 19.3 Å². The molecule has 0 aliphatic heterocycles. The highest BCUT2D eigenvalue weighted by Crippen LogP contribution is 2.32. The van der Waals surface area contributed by atoms with Crippen molar-refractivity contribution in [3.8, 4) is 0 Å². The van der Waals surface area contributed by atoms with E-state index in [1.54, 1.807) is 0 Å². The quantitative estimate of drug-likeness (QED) is 0.778. The van der Waals surface area contributed by atoms with Crippen molar-refractivity contribution >= 4 is 11.9 Å². The van der Waals surface area contributed by atoms with E-state index < -0.39 is 29.3 Å². The van der Waals surface area contributed by atoms with E-state index in [4.69, 9.17) is 5.11 Å². The van der Waals surface area contributed by atoms with Crippen LogP contribution in [-0.2, 0) is 9.59 Å². The lowest BCUT2D eigenvalue weighted by molar-refractivity contribution is -0.140. The number of carbonyl (C=O) groups excluding carboxylic acids is 1. The molecule has 1 aromatic rings. The Morgan fingerprint density at radius 1 is 1.23 bits per heavy atom. The molecule has 2 rings (SSSR count). The summed E-state index contributed by atoms with van der Waals surface area (Å²) in [5, 5.41) is 21.8. The maximum atomic E-state index is 13.7. The zero-order valence-electron chi connectivity index (χ0n) is 12.2. The minimum absolute atomic E-state index is 0.110. The molecule has 120 valence electrons. The number of halogens is 1. The number of carboxylic acid groups (broad SMARTS) is 1. The maximum Gasteiger partial charge on any atom is 0.305 e. The van der Waals surface area contributed by atoms with Crippen LogP contribution < -0.4 is 5.32 Å². The summed E-state index contributed by atoms with van der Waals surface area (Å²) in [6.45, 7) is 0. The third kappa shape index (κ3) is 3.82. The highest BCUT2D eigenvalue weighted by molar-refractivity contribution is 5.83. The predicted octanol–water partition coefficient (Wildman–Crippen LogP) is 2.15. The van der Waals surface area contributed by atoms with Gasteiger partial charge in [-0.25, -0.2) is 4.39 Å². The molecule has 0 heterocycles. The Hall–Kier alpha value is -1.95. The molecule has 3 N–H and O–H groups in total. The number of hydrogen-bond donors (Lipinski definition) is 3. The molecule has 5 nitrogen and oxygen atoms in total. The van der Waals surface area contributed by atoms with Gasteiger partial charge in [0, 0.05) is 5.56 Å². The van der Waals surface area contributed by atoms with Gasteiger partial charge < -0.3 is 15.5 Å². The van der Waals surface area contributed by atoms with Gasteiger partial charge in [-0.15, -0.1) is 0 Å². The van der Waals surface area contributed by atoms with Gasteiger partial charge in [0.1, 0.15) is 5.82 Å². The van der Waals surface area contributed by atoms with Crippen LogP contribution in [0.2, 0.25) is 0 Å². The Balaban J connectivity index is 2.14. The molecule has 1 saturated carbocycles. The van der Waals surface area contributed by atoms with Crippen LogP contribution in [-0.4, -0.2) is 27.6 Å². The van der Waals surface area contributed by atoms with Crippen molar-refractivity contribution in [2.75, 3.05) is 0 Å². The standard InChI is InChI=1S/C16H20FNO4/c17-12-7-3-2-6-11(12)14(21)15(22)18-16(10-13(19)20)8-4-1-5-9-16/h2-3,6-7,14,21H,1,4-5,8-10H2,(H,18,22)(H,19,20)/t14-/m0/s1. The monoisotopic (exact) mass is 309 g/mol. The molecule has 0 spiro atoms. The van der Waals surface area contributed by atoms with E-state index in [-0.39, 0.29) is 12.0 Å². The third-order valence-corrected chi connectivity index (χ3v) is 4.14. The SMILES string of the molecule is O=C(O)CC1(NC(=O)[C@@H](O)c2ccccc2F)CCCCC1. The fourth-order valence-electron chi connectivity index (χ4n) is 3.03. The predicted molar refractivity (Wildman–Crippen MR) is 77.6 cm³/mol. The second kappa shape index (κ2) is 6.87. The minimum atomic E-state index is -1.64. The molecule has 1 aromatic carbocycles. The van der Waals surface area contributed by atoms with Crippen LogP contribution in [0, 0.1) is 5.82 Å². The number of hydrogen-bond acceptors (Lipinski definition) is 3. The average molecular weight is 309 g/mol. The summed E-state index contributed by atoms with van der Waals surface area (Å²) >= 11 is 0. The van der Waals surface area contributed by atoms with E-state index in [1.165, 1.54) is 24.3 Å². The molecule has 1 aliphatic carbocycles. The lowest BCUT2D eigenvalue weighted by Gasteiger charge is -2.37. The first kappa shape index (κ1) is 16.4. The number of aliphatic hydroxyl groups excluding tert-OH is 1. The van der Waals surface area contributed by atoms with Gasteiger partial charge >= 0.3 is 5.97 Å². The van der Waals surface area contributed by atoms with Crippen LogP contribution in [0.25, 0.3) is 0 Å². The number of carbonyl (C=O) groups is 2. The Kier molecular flexibility index (Phi) is 5.13. The molecule has 0 unspecified atom stereocenters. The summed E-state index contributed by atoms with van der Waals surface area (Å²) in [6.07, 6.45) is 1.90. The molecule has 1 aliphatic rings. The van der Waals surface area contributed by atoms with Crippen molar-refractivity contribution < 1.29 is 24.2 Å². The van der Waals surface area contributed by atoms with Gasteiger partial charge in [-0.1, -0.05) is 37.5 Å². The van der Waals surface area contributed by atoms with Gasteiger partial charge in [0.25, 0.3) is 5.91 Å². The van der Waals surface area contributed by atoms with Gasteiger partial charge in [0.05, 0.1) is 12.0 Å². The first-order valence-corrected chi connectivity index (χ1v) is 7.40. The summed E-state index contributed by atoms with van der Waals surface area (Å²) < 4.78 is 13.7. The van der Waals surface area contributed by atoms with Crippen molar-refractivity contribution in [1.82, 2.24) is 5.32 Å². The first-order valence-electron chi connectivity index (χ1n) is 7.40. The smallest absolute Gasteiger partial charge is 0.305 e. The molecule has 0 bridgehead atoms. The Bertz CT molecular complexity index is 555. The number of carboxylic acids is 1. The zero-order valence-corrected chi connectivity index (χ0v) is 12.2. The van der Waals surface area contributed by atoms with Crippen molar-refractivity contribution in [2.24, 2.45) is 0 Å². The minimum Gasteiger partial charge on any atom is -0.481 e. The summed E-state index contributed by atoms with van der Waals surface area (Å²) in [5.74, 6) is -2.42. The highest BCUT2D eigenvalue weighted by Gasteiger charge is 2.37. The largest absolute Gasteiger partial charge is 0.481 e. The normalized spacial score (nSPS) is 18.5. The fraction of sp³-hybridized carbons (Fsp3) is 0.500. The van der Waals surface area contributed by atoms with Gasteiger partial charge in [0.2, 0.25) is 0 Å². The second-order valence-corrected chi connectivity index (χ2v) is 5.82. The van der Waals surface area contributed by atoms with E-state index in [2.05, 4.69) is 5.32 Å². The summed E-state index contributed by atoms with van der Waals surface area (Å²) in [5.41, 5.74) is -0.964. The molecular weight excluding hydrogens is 289 g/mol. The molecule has 1 atom stereocenters. The summed E-state index contributed by atoms with van der Waals surface area (Å²) in [6, 6.07) is 5.50. The van der Waals surface area contributed by atoms with Crippen molar-refractivity contribution in [2.45, 2.75) is 50.2 Å². The lowest BCUT2D eigenvalue weighted by Crippen LogP contribution is -2.52. The summed E-state index contributed by atoms with van der Waals surface area (Å²) in [4.78, 5) is 23.3. The molecule has 0 saturated heterocycles. The van der Waals surface area contributed by atoms with E-state index in [1.807, 2.05) is 0 Å². The van der Waals surface area contributed by atoms with Gasteiger partial charge in [0.15, 0.2) is 6.10 Å². The Labute approximate surface area is 128 Å². The van der Waals surface area contributed by atoms with Gasteiger partial charge in [-0.05, 0) is 18.9 Å². The van der Waals surface area contributed by atoms with E-state index in [9.17, 15) is 19.1 Å². The number of amides is 1. The number of nitrogens with one attached hydrogen (secondary N) is 1. The molecular formula is C16H20FNO4. The number of benzene rings is 1. The van der Waals surface area contributed by atoms with Crippen LogP contribution in [0.3, 0.4) is 0 Å². The third-order valence-electron chi connectivity index (χ3n) is 4.14. The molecule has 1 fully saturated rings. The lowest BCUT2D eigenvalue weighted by atomic mass is 9.79. The number of rotatable bonds is 5. The molecule has 0 radical (unpaired) electrons. The topological polar surface area (TPSA) is 86.6 Å². The highest BCUT2D eigenvalue weighted by atomic mass is 19.1. The molecule has 6 heteroatoms. The molecule has 1 amide bonds.